The lowest BCUT2D eigenvalue weighted by Gasteiger charge is -2.27. The first-order chi connectivity index (χ1) is 15.6. The molecule has 0 bridgehead atoms. The number of aromatic amines is 1. The van der Waals surface area contributed by atoms with E-state index in [4.69, 9.17) is 4.74 Å². The largest absolute Gasteiger partial charge is 0.497 e. The van der Waals surface area contributed by atoms with Crippen molar-refractivity contribution >= 4 is 31.6 Å². The summed E-state index contributed by atoms with van der Waals surface area (Å²) in [7, 11) is 1.71. The first-order valence-electron chi connectivity index (χ1n) is 11.2. The van der Waals surface area contributed by atoms with Crippen LogP contribution in [0.25, 0.3) is 20.3 Å². The number of aryl methyl sites for hydroxylation is 1. The van der Waals surface area contributed by atoms with E-state index in [9.17, 15) is 9.59 Å². The first-order valence-corrected chi connectivity index (χ1v) is 12.0. The zero-order valence-corrected chi connectivity index (χ0v) is 18.8. The van der Waals surface area contributed by atoms with Crippen LogP contribution in [0.2, 0.25) is 0 Å². The van der Waals surface area contributed by atoms with E-state index in [0.717, 1.165) is 35.3 Å². The SMILES string of the molecule is COc1ccc2c(c1)CCC1CN(CCn3c(=O)[nH]c4c(sc5ccccc54)c3=O)CC21. The van der Waals surface area contributed by atoms with Gasteiger partial charge < -0.3 is 14.6 Å². The van der Waals surface area contributed by atoms with Gasteiger partial charge in [-0.15, -0.1) is 11.3 Å². The minimum Gasteiger partial charge on any atom is -0.497 e. The highest BCUT2D eigenvalue weighted by molar-refractivity contribution is 7.25. The van der Waals surface area contributed by atoms with Crippen molar-refractivity contribution < 1.29 is 4.74 Å². The standard InChI is InChI=1S/C25H25N3O3S/c1-31-17-8-9-18-15(12-17)6-7-16-13-27(14-20(16)18)10-11-28-24(29)23-22(26-25(28)30)19-4-2-3-5-21(19)32-23/h2-5,8-9,12,16,20H,6-7,10-11,13-14H2,1H3,(H,26,30). The topological polar surface area (TPSA) is 67.3 Å². The number of likely N-dealkylation sites (tertiary alicyclic amines) is 1. The molecule has 0 amide bonds. The second-order valence-electron chi connectivity index (χ2n) is 8.92. The smallest absolute Gasteiger partial charge is 0.328 e. The Kier molecular flexibility index (Phi) is 4.69. The van der Waals surface area contributed by atoms with Crippen LogP contribution in [0.5, 0.6) is 5.75 Å². The number of thiophene rings is 1. The second kappa shape index (κ2) is 7.60. The molecule has 6 nitrogen and oxygen atoms in total. The maximum absolute atomic E-state index is 13.1. The minimum atomic E-state index is -0.319. The molecule has 4 aromatic rings. The van der Waals surface area contributed by atoms with Crippen LogP contribution < -0.4 is 16.0 Å². The summed E-state index contributed by atoms with van der Waals surface area (Å²) in [6.07, 6.45) is 2.26. The van der Waals surface area contributed by atoms with Crippen LogP contribution in [0.15, 0.2) is 52.1 Å². The van der Waals surface area contributed by atoms with Crippen LogP contribution in [-0.2, 0) is 13.0 Å². The number of rotatable bonds is 4. The highest BCUT2D eigenvalue weighted by Crippen LogP contribution is 2.42. The third kappa shape index (κ3) is 3.11. The number of aromatic nitrogens is 2. The molecular weight excluding hydrogens is 422 g/mol. The fourth-order valence-electron chi connectivity index (χ4n) is 5.57. The van der Waals surface area contributed by atoms with Gasteiger partial charge in [0.2, 0.25) is 0 Å². The van der Waals surface area contributed by atoms with Crippen LogP contribution >= 0.6 is 11.3 Å². The van der Waals surface area contributed by atoms with Crippen molar-refractivity contribution in [2.45, 2.75) is 25.3 Å². The highest BCUT2D eigenvalue weighted by Gasteiger charge is 2.37. The van der Waals surface area contributed by atoms with Gasteiger partial charge in [-0.2, -0.15) is 0 Å². The molecule has 2 atom stereocenters. The Hall–Kier alpha value is -2.90. The molecule has 0 radical (unpaired) electrons. The van der Waals surface area contributed by atoms with Gasteiger partial charge >= 0.3 is 5.69 Å². The zero-order valence-electron chi connectivity index (χ0n) is 18.0. The zero-order chi connectivity index (χ0) is 21.8. The normalized spacial score (nSPS) is 20.5. The maximum Gasteiger partial charge on any atom is 0.328 e. The Labute approximate surface area is 189 Å². The lowest BCUT2D eigenvalue weighted by molar-refractivity contribution is 0.303. The lowest BCUT2D eigenvalue weighted by atomic mass is 9.77. The van der Waals surface area contributed by atoms with E-state index >= 15 is 0 Å². The molecule has 1 saturated heterocycles. The second-order valence-corrected chi connectivity index (χ2v) is 9.97. The van der Waals surface area contributed by atoms with E-state index in [1.54, 1.807) is 7.11 Å². The molecule has 0 spiro atoms. The predicted octanol–water partition coefficient (Wildman–Crippen LogP) is 3.57. The van der Waals surface area contributed by atoms with Gasteiger partial charge in [0.25, 0.3) is 5.56 Å². The van der Waals surface area contributed by atoms with Gasteiger partial charge in [-0.05, 0) is 48.1 Å². The molecule has 32 heavy (non-hydrogen) atoms. The fraction of sp³-hybridized carbons (Fsp3) is 0.360. The number of H-pyrrole nitrogens is 1. The average molecular weight is 448 g/mol. The predicted molar refractivity (Wildman–Crippen MR) is 128 cm³/mol. The van der Waals surface area contributed by atoms with Crippen LogP contribution in [0, 0.1) is 5.92 Å². The van der Waals surface area contributed by atoms with Gasteiger partial charge in [0.1, 0.15) is 10.4 Å². The van der Waals surface area contributed by atoms with Crippen molar-refractivity contribution in [1.82, 2.24) is 14.5 Å². The molecule has 2 aromatic heterocycles. The Morgan fingerprint density at radius 2 is 2.00 bits per heavy atom. The Morgan fingerprint density at radius 3 is 2.88 bits per heavy atom. The van der Waals surface area contributed by atoms with Crippen LogP contribution in [0.1, 0.15) is 23.5 Å². The summed E-state index contributed by atoms with van der Waals surface area (Å²) in [5.41, 5.74) is 3.00. The lowest BCUT2D eigenvalue weighted by Crippen LogP contribution is -2.38. The average Bonchev–Trinajstić information content (AvgIpc) is 3.40. The number of nitrogens with zero attached hydrogens (tertiary/aromatic N) is 2. The van der Waals surface area contributed by atoms with Crippen molar-refractivity contribution in [2.75, 3.05) is 26.7 Å². The van der Waals surface area contributed by atoms with Crippen LogP contribution in [-0.4, -0.2) is 41.2 Å². The molecule has 2 unspecified atom stereocenters. The van der Waals surface area contributed by atoms with Crippen LogP contribution in [0.3, 0.4) is 0 Å². The molecule has 164 valence electrons. The summed E-state index contributed by atoms with van der Waals surface area (Å²) in [6, 6.07) is 14.3. The first kappa shape index (κ1) is 19.8. The van der Waals surface area contributed by atoms with Gasteiger partial charge in [0.15, 0.2) is 0 Å². The van der Waals surface area contributed by atoms with Crippen molar-refractivity contribution in [1.29, 1.82) is 0 Å². The van der Waals surface area contributed by atoms with Gasteiger partial charge in [-0.25, -0.2) is 4.79 Å². The van der Waals surface area contributed by atoms with Gasteiger partial charge in [0, 0.05) is 42.2 Å². The number of fused-ring (bicyclic) bond motifs is 6. The summed E-state index contributed by atoms with van der Waals surface area (Å²) in [5, 5.41) is 0.938. The number of benzene rings is 2. The summed E-state index contributed by atoms with van der Waals surface area (Å²) in [6.45, 7) is 3.11. The molecule has 0 saturated carbocycles. The number of methoxy groups -OCH3 is 1. The Bertz CT molecular complexity index is 1450. The van der Waals surface area contributed by atoms with Crippen molar-refractivity contribution in [3.05, 3.63) is 74.4 Å². The summed E-state index contributed by atoms with van der Waals surface area (Å²) >= 11 is 1.45. The highest BCUT2D eigenvalue weighted by atomic mass is 32.1. The van der Waals surface area contributed by atoms with Crippen molar-refractivity contribution in [2.24, 2.45) is 5.92 Å². The minimum absolute atomic E-state index is 0.181. The molecule has 1 N–H and O–H groups in total. The quantitative estimate of drug-likeness (QED) is 0.519. The molecule has 1 aliphatic carbocycles. The molecule has 3 heterocycles. The third-order valence-corrected chi connectivity index (χ3v) is 8.36. The molecule has 6 rings (SSSR count). The Balaban J connectivity index is 1.24. The van der Waals surface area contributed by atoms with Gasteiger partial charge in [-0.1, -0.05) is 24.3 Å². The van der Waals surface area contributed by atoms with E-state index in [-0.39, 0.29) is 11.2 Å². The van der Waals surface area contributed by atoms with E-state index in [1.807, 2.05) is 24.3 Å². The number of hydrogen-bond donors (Lipinski definition) is 1. The molecule has 7 heteroatoms. The molecule has 2 aromatic carbocycles. The van der Waals surface area contributed by atoms with Crippen LogP contribution in [0.4, 0.5) is 0 Å². The fourth-order valence-corrected chi connectivity index (χ4v) is 6.68. The molecule has 2 aliphatic rings. The summed E-state index contributed by atoms with van der Waals surface area (Å²) < 4.78 is 8.42. The monoisotopic (exact) mass is 447 g/mol. The van der Waals surface area contributed by atoms with E-state index in [2.05, 4.69) is 28.1 Å². The van der Waals surface area contributed by atoms with E-state index < -0.39 is 0 Å². The Morgan fingerprint density at radius 1 is 1.12 bits per heavy atom. The number of ether oxygens (including phenoxy) is 1. The molecule has 1 aliphatic heterocycles. The summed E-state index contributed by atoms with van der Waals surface area (Å²) in [5.74, 6) is 2.08. The number of nitrogens with one attached hydrogen (secondary N) is 1. The van der Waals surface area contributed by atoms with Crippen molar-refractivity contribution in [3.8, 4) is 5.75 Å². The summed E-state index contributed by atoms with van der Waals surface area (Å²) in [4.78, 5) is 31.3. The molecule has 1 fully saturated rings. The third-order valence-electron chi connectivity index (χ3n) is 7.20. The van der Waals surface area contributed by atoms with Gasteiger partial charge in [0.05, 0.1) is 12.6 Å². The van der Waals surface area contributed by atoms with Crippen molar-refractivity contribution in [3.63, 3.8) is 0 Å². The van der Waals surface area contributed by atoms with E-state index in [0.29, 0.717) is 35.1 Å². The van der Waals surface area contributed by atoms with E-state index in [1.165, 1.54) is 33.5 Å². The maximum atomic E-state index is 13.1. The van der Waals surface area contributed by atoms with Gasteiger partial charge in [-0.3, -0.25) is 9.36 Å². The number of hydrogen-bond acceptors (Lipinski definition) is 5. The molecular formula is C25H25N3O3S.